The van der Waals surface area contributed by atoms with E-state index in [4.69, 9.17) is 5.11 Å². The molecule has 17 heavy (non-hydrogen) atoms. The Hall–Kier alpha value is -0.860. The van der Waals surface area contributed by atoms with Crippen LogP contribution in [0.3, 0.4) is 0 Å². The van der Waals surface area contributed by atoms with Gasteiger partial charge in [-0.15, -0.1) is 0 Å². The summed E-state index contributed by atoms with van der Waals surface area (Å²) in [7, 11) is 0. The predicted octanol–water partition coefficient (Wildman–Crippen LogP) is 2.98. The van der Waals surface area contributed by atoms with E-state index >= 15 is 0 Å². The van der Waals surface area contributed by atoms with Crippen LogP contribution in [0.5, 0.6) is 0 Å². The Balaban J connectivity index is 2.71. The molecule has 2 heteroatoms. The van der Waals surface area contributed by atoms with Crippen molar-refractivity contribution in [2.75, 3.05) is 13.2 Å². The van der Waals surface area contributed by atoms with Gasteiger partial charge in [-0.1, -0.05) is 43.7 Å². The topological polar surface area (TPSA) is 23.5 Å². The van der Waals surface area contributed by atoms with Crippen molar-refractivity contribution in [2.45, 2.75) is 46.2 Å². The minimum absolute atomic E-state index is 0.238. The van der Waals surface area contributed by atoms with Crippen LogP contribution in [0.2, 0.25) is 0 Å². The van der Waals surface area contributed by atoms with Crippen LogP contribution in [0.25, 0.3) is 0 Å². The highest BCUT2D eigenvalue weighted by Gasteiger charge is 2.14. The maximum absolute atomic E-state index is 9.17. The molecule has 0 aliphatic rings. The normalized spacial score (nSPS) is 11.4. The Morgan fingerprint density at radius 1 is 1.24 bits per heavy atom. The van der Waals surface area contributed by atoms with Crippen molar-refractivity contribution in [1.82, 2.24) is 4.90 Å². The van der Waals surface area contributed by atoms with Gasteiger partial charge in [0.25, 0.3) is 0 Å². The Bertz CT molecular complexity index is 320. The number of aliphatic hydroxyl groups excluding tert-OH is 1. The van der Waals surface area contributed by atoms with E-state index < -0.39 is 0 Å². The quantitative estimate of drug-likeness (QED) is 0.785. The van der Waals surface area contributed by atoms with Crippen molar-refractivity contribution in [2.24, 2.45) is 0 Å². The van der Waals surface area contributed by atoms with Crippen molar-refractivity contribution in [1.29, 1.82) is 0 Å². The molecular weight excluding hydrogens is 210 g/mol. The highest BCUT2D eigenvalue weighted by molar-refractivity contribution is 5.22. The first-order chi connectivity index (χ1) is 8.21. The maximum atomic E-state index is 9.17. The van der Waals surface area contributed by atoms with Crippen LogP contribution in [0.4, 0.5) is 0 Å². The Morgan fingerprint density at radius 3 is 2.47 bits per heavy atom. The van der Waals surface area contributed by atoms with E-state index in [0.717, 1.165) is 25.9 Å². The molecule has 0 bridgehead atoms. The zero-order chi connectivity index (χ0) is 12.7. The average molecular weight is 235 g/mol. The lowest BCUT2D eigenvalue weighted by Crippen LogP contribution is -2.36. The van der Waals surface area contributed by atoms with Crippen LogP contribution < -0.4 is 0 Å². The summed E-state index contributed by atoms with van der Waals surface area (Å²) < 4.78 is 0. The second-order valence-electron chi connectivity index (χ2n) is 4.65. The molecule has 1 aromatic rings. The lowest BCUT2D eigenvalue weighted by atomic mass is 10.1. The first-order valence-electron chi connectivity index (χ1n) is 6.61. The fourth-order valence-electron chi connectivity index (χ4n) is 2.37. The minimum Gasteiger partial charge on any atom is -0.395 e. The van der Waals surface area contributed by atoms with Gasteiger partial charge < -0.3 is 5.11 Å². The van der Waals surface area contributed by atoms with E-state index in [-0.39, 0.29) is 6.61 Å². The number of aryl methyl sites for hydroxylation is 1. The third-order valence-electron chi connectivity index (χ3n) is 3.31. The van der Waals surface area contributed by atoms with E-state index in [0.29, 0.717) is 6.04 Å². The first-order valence-corrected chi connectivity index (χ1v) is 6.61. The molecule has 0 saturated heterocycles. The molecule has 0 saturated carbocycles. The largest absolute Gasteiger partial charge is 0.395 e. The Labute approximate surface area is 105 Å². The summed E-state index contributed by atoms with van der Waals surface area (Å²) in [5, 5.41) is 9.17. The Kier molecular flexibility index (Phi) is 6.23. The number of rotatable bonds is 7. The monoisotopic (exact) mass is 235 g/mol. The summed E-state index contributed by atoms with van der Waals surface area (Å²) in [6, 6.07) is 9.20. The van der Waals surface area contributed by atoms with Gasteiger partial charge in [0.1, 0.15) is 0 Å². The molecule has 0 fully saturated rings. The summed E-state index contributed by atoms with van der Waals surface area (Å²) in [6.07, 6.45) is 2.28. The van der Waals surface area contributed by atoms with Crippen molar-refractivity contribution >= 4 is 0 Å². The van der Waals surface area contributed by atoms with Crippen LogP contribution in [-0.4, -0.2) is 29.2 Å². The van der Waals surface area contributed by atoms with E-state index in [2.05, 4.69) is 49.9 Å². The van der Waals surface area contributed by atoms with E-state index in [9.17, 15) is 0 Å². The van der Waals surface area contributed by atoms with Gasteiger partial charge in [0.05, 0.1) is 6.61 Å². The third-order valence-corrected chi connectivity index (χ3v) is 3.31. The number of hydrogen-bond acceptors (Lipinski definition) is 2. The standard InChI is InChI=1S/C15H25NO/c1-4-15(5-2)16(9-10-17)12-14-8-6-7-13(3)11-14/h6-8,11,15,17H,4-5,9-10,12H2,1-3H3. The summed E-state index contributed by atoms with van der Waals surface area (Å²) in [4.78, 5) is 2.38. The molecule has 0 spiro atoms. The second-order valence-corrected chi connectivity index (χ2v) is 4.65. The van der Waals surface area contributed by atoms with E-state index in [1.54, 1.807) is 0 Å². The lowest BCUT2D eigenvalue weighted by molar-refractivity contribution is 0.136. The van der Waals surface area contributed by atoms with E-state index in [1.165, 1.54) is 11.1 Å². The zero-order valence-electron chi connectivity index (χ0n) is 11.3. The van der Waals surface area contributed by atoms with Crippen LogP contribution in [0.1, 0.15) is 37.8 Å². The number of benzene rings is 1. The molecule has 0 heterocycles. The van der Waals surface area contributed by atoms with Crippen molar-refractivity contribution < 1.29 is 5.11 Å². The molecule has 0 amide bonds. The third kappa shape index (κ3) is 4.49. The van der Waals surface area contributed by atoms with Crippen molar-refractivity contribution in [3.05, 3.63) is 35.4 Å². The fraction of sp³-hybridized carbons (Fsp3) is 0.600. The maximum Gasteiger partial charge on any atom is 0.0558 e. The summed E-state index contributed by atoms with van der Waals surface area (Å²) in [5.41, 5.74) is 2.64. The van der Waals surface area contributed by atoms with Crippen LogP contribution in [0.15, 0.2) is 24.3 Å². The number of aliphatic hydroxyl groups is 1. The molecule has 0 aromatic heterocycles. The molecule has 1 aromatic carbocycles. The molecule has 0 radical (unpaired) electrons. The lowest BCUT2D eigenvalue weighted by Gasteiger charge is -2.30. The van der Waals surface area contributed by atoms with Gasteiger partial charge in [0, 0.05) is 19.1 Å². The van der Waals surface area contributed by atoms with Gasteiger partial charge >= 0.3 is 0 Å². The second kappa shape index (κ2) is 7.46. The van der Waals surface area contributed by atoms with Gasteiger partial charge in [0.15, 0.2) is 0 Å². The summed E-state index contributed by atoms with van der Waals surface area (Å²) in [6.45, 7) is 8.50. The van der Waals surface area contributed by atoms with Gasteiger partial charge in [-0.3, -0.25) is 4.90 Å². The average Bonchev–Trinajstić information content (AvgIpc) is 2.31. The molecule has 1 N–H and O–H groups in total. The Morgan fingerprint density at radius 2 is 1.94 bits per heavy atom. The van der Waals surface area contributed by atoms with E-state index in [1.807, 2.05) is 0 Å². The molecule has 0 aliphatic carbocycles. The van der Waals surface area contributed by atoms with Crippen LogP contribution >= 0.6 is 0 Å². The van der Waals surface area contributed by atoms with Gasteiger partial charge in [-0.2, -0.15) is 0 Å². The number of hydrogen-bond donors (Lipinski definition) is 1. The predicted molar refractivity (Wildman–Crippen MR) is 73.0 cm³/mol. The van der Waals surface area contributed by atoms with Gasteiger partial charge in [0.2, 0.25) is 0 Å². The first kappa shape index (κ1) is 14.2. The van der Waals surface area contributed by atoms with Crippen molar-refractivity contribution in [3.8, 4) is 0 Å². The molecule has 0 atom stereocenters. The van der Waals surface area contributed by atoms with Crippen LogP contribution in [-0.2, 0) is 6.54 Å². The molecule has 96 valence electrons. The smallest absolute Gasteiger partial charge is 0.0558 e. The molecule has 0 unspecified atom stereocenters. The highest BCUT2D eigenvalue weighted by atomic mass is 16.3. The summed E-state index contributed by atoms with van der Waals surface area (Å²) in [5.74, 6) is 0. The summed E-state index contributed by atoms with van der Waals surface area (Å²) >= 11 is 0. The molecule has 1 rings (SSSR count). The highest BCUT2D eigenvalue weighted by Crippen LogP contribution is 2.14. The van der Waals surface area contributed by atoms with Crippen molar-refractivity contribution in [3.63, 3.8) is 0 Å². The zero-order valence-corrected chi connectivity index (χ0v) is 11.3. The van der Waals surface area contributed by atoms with Gasteiger partial charge in [-0.05, 0) is 25.3 Å². The fourth-order valence-corrected chi connectivity index (χ4v) is 2.37. The van der Waals surface area contributed by atoms with Crippen LogP contribution in [0, 0.1) is 6.92 Å². The SMILES string of the molecule is CCC(CC)N(CCO)Cc1cccc(C)c1. The number of nitrogens with zero attached hydrogens (tertiary/aromatic N) is 1. The minimum atomic E-state index is 0.238. The van der Waals surface area contributed by atoms with Gasteiger partial charge in [-0.25, -0.2) is 0 Å². The molecule has 2 nitrogen and oxygen atoms in total. The molecule has 0 aliphatic heterocycles. The molecular formula is C15H25NO.